The first-order chi connectivity index (χ1) is 14.9. The van der Waals surface area contributed by atoms with E-state index < -0.39 is 11.9 Å². The molecule has 1 saturated carbocycles. The number of hydrogen-bond donors (Lipinski definition) is 1. The molecule has 1 heterocycles. The molecule has 170 valence electrons. The van der Waals surface area contributed by atoms with Crippen LogP contribution >= 0.6 is 0 Å². The number of ether oxygens (including phenoxy) is 2. The van der Waals surface area contributed by atoms with Crippen molar-refractivity contribution in [1.82, 2.24) is 10.2 Å². The number of hydrogen-bond acceptors (Lipinski definition) is 5. The molecule has 0 aromatic heterocycles. The summed E-state index contributed by atoms with van der Waals surface area (Å²) in [6.07, 6.45) is 4.09. The summed E-state index contributed by atoms with van der Waals surface area (Å²) in [5, 5.41) is 2.76. The van der Waals surface area contributed by atoms with E-state index in [0.717, 1.165) is 24.2 Å². The summed E-state index contributed by atoms with van der Waals surface area (Å²) in [4.78, 5) is 38.9. The summed E-state index contributed by atoms with van der Waals surface area (Å²) in [7, 11) is 1.61. The van der Waals surface area contributed by atoms with Crippen LogP contribution in [-0.2, 0) is 25.5 Å². The molecule has 1 N–H and O–H groups in total. The lowest BCUT2D eigenvalue weighted by Crippen LogP contribution is -2.45. The Morgan fingerprint density at radius 3 is 2.74 bits per heavy atom. The first kappa shape index (κ1) is 23.1. The molecule has 31 heavy (non-hydrogen) atoms. The zero-order valence-electron chi connectivity index (χ0n) is 18.8. The Morgan fingerprint density at radius 2 is 1.97 bits per heavy atom. The SMILES string of the molecule is COc1ccccc1CCNC(=O)COC(=O)[C@@H]1CC(=O)N([C@@H]2CCC[C@@H](C)[C@H]2C)C1. The average molecular weight is 431 g/mol. The summed E-state index contributed by atoms with van der Waals surface area (Å²) in [5.74, 6) is 0.512. The van der Waals surface area contributed by atoms with E-state index in [4.69, 9.17) is 9.47 Å². The van der Waals surface area contributed by atoms with Crippen molar-refractivity contribution in [3.05, 3.63) is 29.8 Å². The van der Waals surface area contributed by atoms with Crippen molar-refractivity contribution in [2.24, 2.45) is 17.8 Å². The molecule has 0 spiro atoms. The molecule has 1 aliphatic carbocycles. The summed E-state index contributed by atoms with van der Waals surface area (Å²) in [6.45, 7) is 4.92. The normalized spacial score (nSPS) is 25.9. The van der Waals surface area contributed by atoms with Crippen LogP contribution in [0.5, 0.6) is 5.75 Å². The van der Waals surface area contributed by atoms with E-state index >= 15 is 0 Å². The van der Waals surface area contributed by atoms with Gasteiger partial charge in [-0.15, -0.1) is 0 Å². The summed E-state index contributed by atoms with van der Waals surface area (Å²) < 4.78 is 10.5. The Bertz CT molecular complexity index is 796. The number of methoxy groups -OCH3 is 1. The molecule has 4 atom stereocenters. The van der Waals surface area contributed by atoms with Crippen LogP contribution in [0.2, 0.25) is 0 Å². The summed E-state index contributed by atoms with van der Waals surface area (Å²) in [6, 6.07) is 7.83. The van der Waals surface area contributed by atoms with Gasteiger partial charge in [-0.05, 0) is 36.3 Å². The van der Waals surface area contributed by atoms with Crippen molar-refractivity contribution >= 4 is 17.8 Å². The van der Waals surface area contributed by atoms with E-state index in [-0.39, 0.29) is 30.9 Å². The van der Waals surface area contributed by atoms with Crippen LogP contribution in [0.1, 0.15) is 45.1 Å². The van der Waals surface area contributed by atoms with Gasteiger partial charge in [0, 0.05) is 25.6 Å². The molecule has 1 saturated heterocycles. The lowest BCUT2D eigenvalue weighted by molar-refractivity contribution is -0.152. The van der Waals surface area contributed by atoms with E-state index in [1.807, 2.05) is 29.2 Å². The minimum Gasteiger partial charge on any atom is -0.496 e. The van der Waals surface area contributed by atoms with E-state index in [1.54, 1.807) is 7.11 Å². The van der Waals surface area contributed by atoms with Gasteiger partial charge in [-0.1, -0.05) is 44.9 Å². The summed E-state index contributed by atoms with van der Waals surface area (Å²) >= 11 is 0. The maximum absolute atomic E-state index is 12.5. The number of amides is 2. The fourth-order valence-corrected chi connectivity index (χ4v) is 4.76. The number of esters is 1. The van der Waals surface area contributed by atoms with Gasteiger partial charge in [0.2, 0.25) is 5.91 Å². The van der Waals surface area contributed by atoms with Gasteiger partial charge in [0.05, 0.1) is 13.0 Å². The molecule has 2 aliphatic rings. The highest BCUT2D eigenvalue weighted by atomic mass is 16.5. The quantitative estimate of drug-likeness (QED) is 0.641. The second kappa shape index (κ2) is 10.6. The van der Waals surface area contributed by atoms with Crippen LogP contribution in [0.15, 0.2) is 24.3 Å². The van der Waals surface area contributed by atoms with Crippen LogP contribution < -0.4 is 10.1 Å². The van der Waals surface area contributed by atoms with Crippen LogP contribution in [0.25, 0.3) is 0 Å². The minimum atomic E-state index is -0.488. The lowest BCUT2D eigenvalue weighted by atomic mass is 9.77. The molecule has 0 bridgehead atoms. The molecular formula is C24H34N2O5. The molecular weight excluding hydrogens is 396 g/mol. The van der Waals surface area contributed by atoms with Gasteiger partial charge in [0.25, 0.3) is 5.91 Å². The van der Waals surface area contributed by atoms with Gasteiger partial charge < -0.3 is 19.7 Å². The molecule has 2 amide bonds. The zero-order chi connectivity index (χ0) is 22.4. The van der Waals surface area contributed by atoms with Crippen molar-refractivity contribution < 1.29 is 23.9 Å². The number of nitrogens with zero attached hydrogens (tertiary/aromatic N) is 1. The predicted molar refractivity (Wildman–Crippen MR) is 116 cm³/mol. The smallest absolute Gasteiger partial charge is 0.311 e. The topological polar surface area (TPSA) is 84.9 Å². The third-order valence-corrected chi connectivity index (χ3v) is 6.81. The monoisotopic (exact) mass is 430 g/mol. The fraction of sp³-hybridized carbons (Fsp3) is 0.625. The van der Waals surface area contributed by atoms with E-state index in [2.05, 4.69) is 19.2 Å². The van der Waals surface area contributed by atoms with Gasteiger partial charge in [0.1, 0.15) is 5.75 Å². The Hall–Kier alpha value is -2.57. The highest BCUT2D eigenvalue weighted by molar-refractivity contribution is 5.88. The molecule has 1 aromatic carbocycles. The number of para-hydroxylation sites is 1. The molecule has 3 rings (SSSR count). The van der Waals surface area contributed by atoms with E-state index in [9.17, 15) is 14.4 Å². The summed E-state index contributed by atoms with van der Waals surface area (Å²) in [5.41, 5.74) is 0.998. The van der Waals surface area contributed by atoms with Crippen LogP contribution in [0.3, 0.4) is 0 Å². The third kappa shape index (κ3) is 5.77. The highest BCUT2D eigenvalue weighted by Gasteiger charge is 2.42. The Labute approximate surface area is 184 Å². The maximum Gasteiger partial charge on any atom is 0.311 e. The average Bonchev–Trinajstić information content (AvgIpc) is 3.15. The lowest BCUT2D eigenvalue weighted by Gasteiger charge is -2.39. The fourth-order valence-electron chi connectivity index (χ4n) is 4.76. The van der Waals surface area contributed by atoms with Crippen LogP contribution in [-0.4, -0.2) is 55.5 Å². The predicted octanol–water partition coefficient (Wildman–Crippen LogP) is 2.57. The second-order valence-corrected chi connectivity index (χ2v) is 8.80. The number of carbonyl (C=O) groups excluding carboxylic acids is 3. The molecule has 0 unspecified atom stereocenters. The largest absolute Gasteiger partial charge is 0.496 e. The molecule has 1 aromatic rings. The van der Waals surface area contributed by atoms with Gasteiger partial charge in [-0.25, -0.2) is 0 Å². The van der Waals surface area contributed by atoms with Crippen molar-refractivity contribution in [2.75, 3.05) is 26.8 Å². The molecule has 0 radical (unpaired) electrons. The van der Waals surface area contributed by atoms with E-state index in [1.165, 1.54) is 6.42 Å². The standard InChI is InChI=1S/C24H34N2O5/c1-16-7-6-9-20(17(16)2)26-14-19(13-23(26)28)24(29)31-15-22(27)25-12-11-18-8-4-5-10-21(18)30-3/h4-5,8,10,16-17,19-20H,6-7,9,11-15H2,1-3H3,(H,25,27)/t16-,17-,19-,20-/m1/s1. The van der Waals surface area contributed by atoms with Crippen molar-refractivity contribution in [2.45, 2.75) is 52.0 Å². The minimum absolute atomic E-state index is 0.0224. The number of nitrogens with one attached hydrogen (secondary N) is 1. The second-order valence-electron chi connectivity index (χ2n) is 8.80. The Morgan fingerprint density at radius 1 is 1.19 bits per heavy atom. The van der Waals surface area contributed by atoms with Gasteiger partial charge in [0.15, 0.2) is 6.61 Å². The molecule has 1 aliphatic heterocycles. The van der Waals surface area contributed by atoms with E-state index in [0.29, 0.717) is 31.3 Å². The zero-order valence-corrected chi connectivity index (χ0v) is 18.8. The van der Waals surface area contributed by atoms with Crippen LogP contribution in [0, 0.1) is 17.8 Å². The molecule has 2 fully saturated rings. The third-order valence-electron chi connectivity index (χ3n) is 6.81. The number of rotatable bonds is 8. The molecule has 7 nitrogen and oxygen atoms in total. The number of benzene rings is 1. The van der Waals surface area contributed by atoms with Crippen molar-refractivity contribution in [3.8, 4) is 5.75 Å². The maximum atomic E-state index is 12.5. The van der Waals surface area contributed by atoms with Crippen molar-refractivity contribution in [1.29, 1.82) is 0 Å². The molecule has 7 heteroatoms. The number of carbonyl (C=O) groups is 3. The first-order valence-electron chi connectivity index (χ1n) is 11.3. The Balaban J connectivity index is 1.41. The van der Waals surface area contributed by atoms with Crippen LogP contribution in [0.4, 0.5) is 0 Å². The van der Waals surface area contributed by atoms with Gasteiger partial charge in [-0.2, -0.15) is 0 Å². The van der Waals surface area contributed by atoms with Crippen molar-refractivity contribution in [3.63, 3.8) is 0 Å². The van der Waals surface area contributed by atoms with Gasteiger partial charge >= 0.3 is 5.97 Å². The Kier molecular flexibility index (Phi) is 7.93. The first-order valence-corrected chi connectivity index (χ1v) is 11.3. The number of likely N-dealkylation sites (tertiary alicyclic amines) is 1. The van der Waals surface area contributed by atoms with Gasteiger partial charge in [-0.3, -0.25) is 14.4 Å². The highest BCUT2D eigenvalue weighted by Crippen LogP contribution is 2.35.